The Kier molecular flexibility index (Phi) is 6.42. The molecule has 0 bridgehead atoms. The van der Waals surface area contributed by atoms with Gasteiger partial charge in [0, 0.05) is 30.1 Å². The van der Waals surface area contributed by atoms with Crippen LogP contribution < -0.4 is 24.0 Å². The molecule has 0 radical (unpaired) electrons. The van der Waals surface area contributed by atoms with Crippen molar-refractivity contribution in [2.75, 3.05) is 38.2 Å². The Morgan fingerprint density at radius 1 is 0.914 bits per heavy atom. The molecule has 1 aliphatic rings. The predicted molar refractivity (Wildman–Crippen MR) is 127 cm³/mol. The van der Waals surface area contributed by atoms with Crippen molar-refractivity contribution < 1.29 is 33.0 Å². The molecule has 35 heavy (non-hydrogen) atoms. The Hall–Kier alpha value is -4.40. The smallest absolute Gasteiger partial charge is 0.252 e. The van der Waals surface area contributed by atoms with E-state index in [1.165, 1.54) is 63.6 Å². The summed E-state index contributed by atoms with van der Waals surface area (Å²) < 4.78 is 29.7. The Labute approximate surface area is 201 Å². The van der Waals surface area contributed by atoms with Crippen LogP contribution in [-0.2, 0) is 9.59 Å². The SMILES string of the molecule is COc1ccc(N2C(=O)C(C(=O)N(C)c3cccc(F)c3)C(=O)c3cc(OC)c(OC)cc32)cc1. The summed E-state index contributed by atoms with van der Waals surface area (Å²) in [6.07, 6.45) is 0. The van der Waals surface area contributed by atoms with Gasteiger partial charge in [0.05, 0.1) is 27.0 Å². The van der Waals surface area contributed by atoms with Crippen molar-refractivity contribution in [1.29, 1.82) is 0 Å². The lowest BCUT2D eigenvalue weighted by Gasteiger charge is -2.34. The fourth-order valence-corrected chi connectivity index (χ4v) is 3.99. The molecule has 0 saturated carbocycles. The first kappa shape index (κ1) is 23.7. The van der Waals surface area contributed by atoms with Gasteiger partial charge < -0.3 is 19.1 Å². The molecule has 3 aromatic rings. The molecular weight excluding hydrogens is 455 g/mol. The van der Waals surface area contributed by atoms with Gasteiger partial charge in [-0.15, -0.1) is 0 Å². The highest BCUT2D eigenvalue weighted by atomic mass is 19.1. The summed E-state index contributed by atoms with van der Waals surface area (Å²) in [6.45, 7) is 0. The van der Waals surface area contributed by atoms with E-state index < -0.39 is 29.3 Å². The van der Waals surface area contributed by atoms with E-state index in [1.807, 2.05) is 0 Å². The van der Waals surface area contributed by atoms with Gasteiger partial charge in [0.25, 0.3) is 5.91 Å². The van der Waals surface area contributed by atoms with Gasteiger partial charge in [-0.05, 0) is 48.5 Å². The Balaban J connectivity index is 1.86. The first-order valence-electron chi connectivity index (χ1n) is 10.6. The minimum absolute atomic E-state index is 0.115. The molecular formula is C26H23FN2O6. The molecule has 180 valence electrons. The topological polar surface area (TPSA) is 85.4 Å². The van der Waals surface area contributed by atoms with Gasteiger partial charge in [0.2, 0.25) is 5.91 Å². The molecule has 3 aromatic carbocycles. The number of ketones is 1. The highest BCUT2D eigenvalue weighted by Gasteiger charge is 2.46. The fourth-order valence-electron chi connectivity index (χ4n) is 3.99. The monoisotopic (exact) mass is 478 g/mol. The zero-order valence-corrected chi connectivity index (χ0v) is 19.6. The molecule has 2 amide bonds. The molecule has 0 N–H and O–H groups in total. The molecule has 0 aromatic heterocycles. The third kappa shape index (κ3) is 4.16. The van der Waals surface area contributed by atoms with Crippen molar-refractivity contribution >= 4 is 34.7 Å². The molecule has 1 aliphatic heterocycles. The quantitative estimate of drug-likeness (QED) is 0.498. The number of anilines is 3. The van der Waals surface area contributed by atoms with Gasteiger partial charge in [-0.1, -0.05) is 6.07 Å². The van der Waals surface area contributed by atoms with Gasteiger partial charge in [-0.3, -0.25) is 19.3 Å². The van der Waals surface area contributed by atoms with E-state index in [2.05, 4.69) is 0 Å². The highest BCUT2D eigenvalue weighted by molar-refractivity contribution is 6.34. The number of methoxy groups -OCH3 is 3. The standard InChI is InChI=1S/C26H23FN2O6/c1-28(17-7-5-6-15(27)12-17)25(31)23-24(30)19-13-21(34-3)22(35-4)14-20(19)29(26(23)32)16-8-10-18(33-2)11-9-16/h5-14,23H,1-4H3. The van der Waals surface area contributed by atoms with E-state index in [0.29, 0.717) is 17.2 Å². The number of hydrogen-bond donors (Lipinski definition) is 0. The van der Waals surface area contributed by atoms with E-state index in [0.717, 1.165) is 11.0 Å². The van der Waals surface area contributed by atoms with Crippen LogP contribution in [0.25, 0.3) is 0 Å². The number of amides is 2. The number of carbonyl (C=O) groups excluding carboxylic acids is 3. The van der Waals surface area contributed by atoms with Crippen LogP contribution in [0.5, 0.6) is 17.2 Å². The molecule has 9 heteroatoms. The van der Waals surface area contributed by atoms with Gasteiger partial charge in [-0.2, -0.15) is 0 Å². The number of fused-ring (bicyclic) bond motifs is 1. The minimum Gasteiger partial charge on any atom is -0.497 e. The molecule has 0 spiro atoms. The van der Waals surface area contributed by atoms with E-state index in [-0.39, 0.29) is 22.7 Å². The third-order valence-electron chi connectivity index (χ3n) is 5.84. The number of carbonyl (C=O) groups is 3. The molecule has 1 atom stereocenters. The first-order valence-corrected chi connectivity index (χ1v) is 10.6. The Bertz CT molecular complexity index is 1310. The summed E-state index contributed by atoms with van der Waals surface area (Å²) in [5.74, 6) is -3.30. The van der Waals surface area contributed by atoms with Crippen molar-refractivity contribution in [3.05, 3.63) is 72.0 Å². The molecule has 1 heterocycles. The second-order valence-electron chi connectivity index (χ2n) is 7.77. The molecule has 0 saturated heterocycles. The lowest BCUT2D eigenvalue weighted by Crippen LogP contribution is -2.50. The lowest BCUT2D eigenvalue weighted by molar-refractivity contribution is -0.129. The van der Waals surface area contributed by atoms with Crippen LogP contribution >= 0.6 is 0 Å². The molecule has 0 fully saturated rings. The Morgan fingerprint density at radius 3 is 2.17 bits per heavy atom. The largest absolute Gasteiger partial charge is 0.497 e. The maximum Gasteiger partial charge on any atom is 0.252 e. The number of rotatable bonds is 6. The molecule has 4 rings (SSSR count). The highest BCUT2D eigenvalue weighted by Crippen LogP contribution is 2.43. The van der Waals surface area contributed by atoms with Crippen LogP contribution in [0.2, 0.25) is 0 Å². The number of ether oxygens (including phenoxy) is 3. The molecule has 8 nitrogen and oxygen atoms in total. The maximum absolute atomic E-state index is 13.8. The van der Waals surface area contributed by atoms with Gasteiger partial charge in [0.1, 0.15) is 11.6 Å². The fraction of sp³-hybridized carbons (Fsp3) is 0.192. The second-order valence-corrected chi connectivity index (χ2v) is 7.77. The third-order valence-corrected chi connectivity index (χ3v) is 5.84. The van der Waals surface area contributed by atoms with Gasteiger partial charge >= 0.3 is 0 Å². The Morgan fingerprint density at radius 2 is 1.57 bits per heavy atom. The average Bonchev–Trinajstić information content (AvgIpc) is 2.87. The van der Waals surface area contributed by atoms with E-state index >= 15 is 0 Å². The maximum atomic E-state index is 13.8. The number of nitrogens with zero attached hydrogens (tertiary/aromatic N) is 2. The second kappa shape index (κ2) is 9.46. The summed E-state index contributed by atoms with van der Waals surface area (Å²) in [5, 5.41) is 0. The van der Waals surface area contributed by atoms with Crippen molar-refractivity contribution in [3.8, 4) is 17.2 Å². The summed E-state index contributed by atoms with van der Waals surface area (Å²) in [7, 11) is 5.77. The summed E-state index contributed by atoms with van der Waals surface area (Å²) in [4.78, 5) is 43.1. The van der Waals surface area contributed by atoms with Crippen molar-refractivity contribution in [3.63, 3.8) is 0 Å². The van der Waals surface area contributed by atoms with Gasteiger partial charge in [-0.25, -0.2) is 4.39 Å². The predicted octanol–water partition coefficient (Wildman–Crippen LogP) is 3.99. The van der Waals surface area contributed by atoms with Crippen LogP contribution in [0.3, 0.4) is 0 Å². The van der Waals surface area contributed by atoms with Crippen LogP contribution in [0.4, 0.5) is 21.5 Å². The summed E-state index contributed by atoms with van der Waals surface area (Å²) >= 11 is 0. The molecule has 1 unspecified atom stereocenters. The van der Waals surface area contributed by atoms with Crippen LogP contribution in [0.1, 0.15) is 10.4 Å². The zero-order valence-electron chi connectivity index (χ0n) is 19.6. The number of halogens is 1. The van der Waals surface area contributed by atoms with Crippen LogP contribution in [0, 0.1) is 11.7 Å². The molecule has 0 aliphatic carbocycles. The lowest BCUT2D eigenvalue weighted by atomic mass is 9.88. The van der Waals surface area contributed by atoms with Crippen molar-refractivity contribution in [2.24, 2.45) is 5.92 Å². The number of hydrogen-bond acceptors (Lipinski definition) is 6. The van der Waals surface area contributed by atoms with E-state index in [4.69, 9.17) is 14.2 Å². The number of benzene rings is 3. The normalized spacial score (nSPS) is 14.9. The minimum atomic E-state index is -1.68. The van der Waals surface area contributed by atoms with E-state index in [9.17, 15) is 18.8 Å². The zero-order chi connectivity index (χ0) is 25.3. The van der Waals surface area contributed by atoms with Crippen LogP contribution in [-0.4, -0.2) is 46.0 Å². The van der Waals surface area contributed by atoms with Crippen LogP contribution in [0.15, 0.2) is 60.7 Å². The van der Waals surface area contributed by atoms with Gasteiger partial charge in [0.15, 0.2) is 23.2 Å². The van der Waals surface area contributed by atoms with Crippen molar-refractivity contribution in [2.45, 2.75) is 0 Å². The first-order chi connectivity index (χ1) is 16.8. The average molecular weight is 478 g/mol. The number of Topliss-reactive ketones (excluding diaryl/α,β-unsaturated/α-hetero) is 1. The summed E-state index contributed by atoms with van der Waals surface area (Å²) in [5.41, 5.74) is 0.997. The van der Waals surface area contributed by atoms with E-state index in [1.54, 1.807) is 24.3 Å². The summed E-state index contributed by atoms with van der Waals surface area (Å²) in [6, 6.07) is 14.9. The van der Waals surface area contributed by atoms with Crippen molar-refractivity contribution in [1.82, 2.24) is 0 Å².